The summed E-state index contributed by atoms with van der Waals surface area (Å²) in [4.78, 5) is 10.6. The van der Waals surface area contributed by atoms with Gasteiger partial charge >= 0.3 is 40.5 Å². The molecule has 11 heavy (non-hydrogen) atoms. The third-order valence-electron chi connectivity index (χ3n) is 1.04. The number of hydrogen-bond acceptors (Lipinski definition) is 2. The van der Waals surface area contributed by atoms with E-state index in [0.29, 0.717) is 13.0 Å². The van der Waals surface area contributed by atoms with Gasteiger partial charge in [0.1, 0.15) is 0 Å². The molecule has 0 radical (unpaired) electrons. The van der Waals surface area contributed by atoms with Crippen LogP contribution in [0, 0.1) is 0 Å². The van der Waals surface area contributed by atoms with Crippen molar-refractivity contribution in [2.24, 2.45) is 0 Å². The standard InChI is InChI=1S/C7H14O2.HI.Zn/c1-3-5-6-7(8)9-4-2;;/h3-6H2,1-2H3;1H;/q;;+1/p-1. The SMILES string of the molecule is CCCCC(=O)OCC.[Zn][I]. The van der Waals surface area contributed by atoms with Crippen molar-refractivity contribution in [2.45, 2.75) is 33.1 Å². The van der Waals surface area contributed by atoms with Crippen LogP contribution >= 0.6 is 19.8 Å². The van der Waals surface area contributed by atoms with Gasteiger partial charge in [0, 0.05) is 6.42 Å². The van der Waals surface area contributed by atoms with Gasteiger partial charge < -0.3 is 4.74 Å². The molecule has 0 saturated carbocycles. The second-order valence-electron chi connectivity index (χ2n) is 1.91. The average Bonchev–Trinajstić information content (AvgIpc) is 2.05. The van der Waals surface area contributed by atoms with Gasteiger partial charge in [0.05, 0.1) is 6.61 Å². The summed E-state index contributed by atoms with van der Waals surface area (Å²) in [6.07, 6.45) is 2.57. The van der Waals surface area contributed by atoms with E-state index in [2.05, 4.69) is 26.7 Å². The second-order valence-corrected chi connectivity index (χ2v) is 1.91. The van der Waals surface area contributed by atoms with Crippen LogP contribution in [0.1, 0.15) is 33.1 Å². The van der Waals surface area contributed by atoms with E-state index in [-0.39, 0.29) is 5.97 Å². The zero-order valence-electron chi connectivity index (χ0n) is 7.23. The zero-order chi connectivity index (χ0) is 9.11. The summed E-state index contributed by atoms with van der Waals surface area (Å²) < 4.78 is 4.70. The van der Waals surface area contributed by atoms with Gasteiger partial charge in [0.25, 0.3) is 0 Å². The Morgan fingerprint density at radius 1 is 1.45 bits per heavy atom. The summed E-state index contributed by atoms with van der Waals surface area (Å²) in [7, 11) is 0. The summed E-state index contributed by atoms with van der Waals surface area (Å²) in [5.74, 6) is -0.0700. The van der Waals surface area contributed by atoms with Crippen LogP contribution < -0.4 is 0 Å². The molecule has 2 nitrogen and oxygen atoms in total. The van der Waals surface area contributed by atoms with Crippen molar-refractivity contribution in [1.29, 1.82) is 0 Å². The summed E-state index contributed by atoms with van der Waals surface area (Å²) >= 11 is 3.62. The molecule has 0 N–H and O–H groups in total. The number of halogens is 1. The number of carbonyl (C=O) groups excluding carboxylic acids is 1. The molecule has 0 spiro atoms. The first-order chi connectivity index (χ1) is 5.31. The molecule has 0 aromatic carbocycles. The van der Waals surface area contributed by atoms with Crippen LogP contribution in [0.15, 0.2) is 0 Å². The Kier molecular flexibility index (Phi) is 17.5. The summed E-state index contributed by atoms with van der Waals surface area (Å²) in [6.45, 7) is 4.38. The third kappa shape index (κ3) is 13.8. The monoisotopic (exact) mass is 321 g/mol. The first-order valence-corrected chi connectivity index (χ1v) is 12.8. The van der Waals surface area contributed by atoms with Crippen LogP contribution in [0.5, 0.6) is 0 Å². The molecule has 0 saturated heterocycles. The molecule has 0 rings (SSSR count). The Labute approximate surface area is 89.3 Å². The minimum absolute atomic E-state index is 0.0700. The van der Waals surface area contributed by atoms with Gasteiger partial charge in [-0.1, -0.05) is 13.3 Å². The molecule has 0 unspecified atom stereocenters. The Hall–Kier alpha value is 0.823. The number of carbonyl (C=O) groups is 1. The quantitative estimate of drug-likeness (QED) is 0.452. The van der Waals surface area contributed by atoms with Crippen LogP contribution in [0.25, 0.3) is 0 Å². The summed E-state index contributed by atoms with van der Waals surface area (Å²) in [6, 6.07) is 0. The molecule has 0 aromatic rings. The van der Waals surface area contributed by atoms with Gasteiger partial charge in [-0.05, 0) is 13.3 Å². The maximum absolute atomic E-state index is 10.6. The third-order valence-corrected chi connectivity index (χ3v) is 1.04. The molecule has 0 aromatic heterocycles. The van der Waals surface area contributed by atoms with Gasteiger partial charge in [-0.3, -0.25) is 4.79 Å². The molecule has 0 amide bonds. The Balaban J connectivity index is 0. The Bertz CT molecular complexity index is 88.5. The first-order valence-electron chi connectivity index (χ1n) is 3.73. The molecule has 0 aliphatic rings. The van der Waals surface area contributed by atoms with Gasteiger partial charge in [-0.2, -0.15) is 0 Å². The van der Waals surface area contributed by atoms with Crippen molar-refractivity contribution in [2.75, 3.05) is 6.61 Å². The summed E-state index contributed by atoms with van der Waals surface area (Å²) in [5.41, 5.74) is 0. The predicted molar refractivity (Wildman–Crippen MR) is 50.2 cm³/mol. The number of rotatable bonds is 4. The van der Waals surface area contributed by atoms with Crippen molar-refractivity contribution in [3.63, 3.8) is 0 Å². The Morgan fingerprint density at radius 3 is 2.36 bits per heavy atom. The van der Waals surface area contributed by atoms with E-state index < -0.39 is 0 Å². The maximum atomic E-state index is 10.6. The minimum atomic E-state index is -0.0700. The van der Waals surface area contributed by atoms with Gasteiger partial charge in [-0.25, -0.2) is 0 Å². The van der Waals surface area contributed by atoms with Crippen LogP contribution in [-0.4, -0.2) is 12.6 Å². The first kappa shape index (κ1) is 14.4. The zero-order valence-corrected chi connectivity index (χ0v) is 12.4. The molecule has 0 aliphatic carbocycles. The number of hydrogen-bond donors (Lipinski definition) is 0. The summed E-state index contributed by atoms with van der Waals surface area (Å²) in [5, 5.41) is 0. The number of ether oxygens (including phenoxy) is 1. The van der Waals surface area contributed by atoms with E-state index in [1.165, 1.54) is 14.8 Å². The molecule has 0 bridgehead atoms. The number of esters is 1. The van der Waals surface area contributed by atoms with Crippen molar-refractivity contribution in [3.05, 3.63) is 0 Å². The van der Waals surface area contributed by atoms with E-state index in [1.807, 2.05) is 6.92 Å². The van der Waals surface area contributed by atoms with E-state index in [1.54, 1.807) is 0 Å². The normalized spacial score (nSPS) is 8.09. The fraction of sp³-hybridized carbons (Fsp3) is 0.857. The van der Waals surface area contributed by atoms with E-state index in [0.717, 1.165) is 12.8 Å². The molecule has 4 heteroatoms. The molecular formula is C7H14IO2Zn. The molecular weight excluding hydrogens is 308 g/mol. The molecule has 0 atom stereocenters. The average molecular weight is 322 g/mol. The molecule has 0 aliphatic heterocycles. The molecule has 0 heterocycles. The van der Waals surface area contributed by atoms with E-state index in [9.17, 15) is 4.79 Å². The van der Waals surface area contributed by atoms with Crippen molar-refractivity contribution in [1.82, 2.24) is 0 Å². The van der Waals surface area contributed by atoms with Crippen LogP contribution in [0.2, 0.25) is 0 Å². The number of unbranched alkanes of at least 4 members (excludes halogenated alkanes) is 1. The van der Waals surface area contributed by atoms with E-state index >= 15 is 0 Å². The second kappa shape index (κ2) is 13.4. The topological polar surface area (TPSA) is 26.3 Å². The van der Waals surface area contributed by atoms with Crippen LogP contribution in [0.3, 0.4) is 0 Å². The van der Waals surface area contributed by atoms with Crippen LogP contribution in [0.4, 0.5) is 0 Å². The predicted octanol–water partition coefficient (Wildman–Crippen LogP) is 2.62. The Morgan fingerprint density at radius 2 is 2.00 bits per heavy atom. The van der Waals surface area contributed by atoms with Gasteiger partial charge in [-0.15, -0.1) is 0 Å². The van der Waals surface area contributed by atoms with Crippen molar-refractivity contribution in [3.8, 4) is 0 Å². The van der Waals surface area contributed by atoms with Gasteiger partial charge in [0.2, 0.25) is 0 Å². The fourth-order valence-electron chi connectivity index (χ4n) is 0.554. The molecule has 63 valence electrons. The molecule has 0 fully saturated rings. The van der Waals surface area contributed by atoms with Crippen molar-refractivity contribution < 1.29 is 24.3 Å². The van der Waals surface area contributed by atoms with Crippen molar-refractivity contribution >= 4 is 25.7 Å². The van der Waals surface area contributed by atoms with Gasteiger partial charge in [0.15, 0.2) is 0 Å². The van der Waals surface area contributed by atoms with Crippen LogP contribution in [-0.2, 0) is 24.3 Å². The van der Waals surface area contributed by atoms with E-state index in [4.69, 9.17) is 4.74 Å². The fourth-order valence-corrected chi connectivity index (χ4v) is 0.554.